The highest BCUT2D eigenvalue weighted by molar-refractivity contribution is 6.31. The summed E-state index contributed by atoms with van der Waals surface area (Å²) in [6, 6.07) is 4.98. The van der Waals surface area contributed by atoms with Crippen LogP contribution < -0.4 is 10.6 Å². The van der Waals surface area contributed by atoms with Gasteiger partial charge in [-0.25, -0.2) is 0 Å². The normalized spacial score (nSPS) is 31.1. The number of hydrogen-bond donors (Lipinski definition) is 2. The molecule has 6 nitrogen and oxygen atoms in total. The van der Waals surface area contributed by atoms with Crippen molar-refractivity contribution in [2.24, 2.45) is 17.8 Å². The number of benzene rings is 1. The lowest BCUT2D eigenvalue weighted by molar-refractivity contribution is -0.142. The average Bonchev–Trinajstić information content (AvgIpc) is 3.19. The first-order valence-corrected chi connectivity index (χ1v) is 10.4. The Labute approximate surface area is 170 Å². The number of amides is 3. The number of unbranched alkanes of at least 4 members (excludes halogenated alkanes) is 1. The van der Waals surface area contributed by atoms with Crippen molar-refractivity contribution in [1.82, 2.24) is 10.2 Å². The van der Waals surface area contributed by atoms with Gasteiger partial charge < -0.3 is 5.32 Å². The fourth-order valence-electron chi connectivity index (χ4n) is 5.08. The van der Waals surface area contributed by atoms with Crippen molar-refractivity contribution in [1.29, 1.82) is 0 Å². The summed E-state index contributed by atoms with van der Waals surface area (Å²) in [6.07, 6.45) is 2.37. The van der Waals surface area contributed by atoms with Gasteiger partial charge in [0.15, 0.2) is 0 Å². The summed E-state index contributed by atoms with van der Waals surface area (Å²) in [5, 5.41) is 6.83. The highest BCUT2D eigenvalue weighted by Crippen LogP contribution is 2.54. The summed E-state index contributed by atoms with van der Waals surface area (Å²) in [7, 11) is 0. The number of rotatable bonds is 5. The van der Waals surface area contributed by atoms with E-state index in [1.165, 1.54) is 4.90 Å². The number of halogens is 1. The third-order valence-electron chi connectivity index (χ3n) is 6.23. The number of hydrogen-bond acceptors (Lipinski definition) is 4. The molecular formula is C21H26ClN3O3. The topological polar surface area (TPSA) is 78.5 Å². The number of likely N-dealkylation sites (tertiary alicyclic amines) is 1. The predicted octanol–water partition coefficient (Wildman–Crippen LogP) is 2.91. The van der Waals surface area contributed by atoms with Gasteiger partial charge in [-0.05, 0) is 37.0 Å². The minimum absolute atomic E-state index is 0.151. The molecule has 2 saturated heterocycles. The molecule has 2 fully saturated rings. The van der Waals surface area contributed by atoms with Gasteiger partial charge >= 0.3 is 0 Å². The van der Waals surface area contributed by atoms with E-state index in [4.69, 9.17) is 11.6 Å². The molecule has 4 rings (SSSR count). The molecular weight excluding hydrogens is 378 g/mol. The van der Waals surface area contributed by atoms with Gasteiger partial charge in [0.1, 0.15) is 5.54 Å². The Kier molecular flexibility index (Phi) is 4.74. The van der Waals surface area contributed by atoms with Crippen LogP contribution in [0.3, 0.4) is 0 Å². The molecule has 3 aliphatic heterocycles. The summed E-state index contributed by atoms with van der Waals surface area (Å²) >= 11 is 6.23. The Balaban J connectivity index is 1.84. The molecule has 3 aliphatic rings. The van der Waals surface area contributed by atoms with Crippen LogP contribution >= 0.6 is 11.6 Å². The van der Waals surface area contributed by atoms with Gasteiger partial charge in [0.05, 0.1) is 11.8 Å². The first kappa shape index (κ1) is 19.4. The number of nitrogens with one attached hydrogen (secondary N) is 2. The molecule has 1 aromatic carbocycles. The van der Waals surface area contributed by atoms with E-state index in [0.717, 1.165) is 12.8 Å². The summed E-state index contributed by atoms with van der Waals surface area (Å²) in [6.45, 7) is 6.60. The van der Waals surface area contributed by atoms with Crippen molar-refractivity contribution in [2.45, 2.75) is 51.6 Å². The second-order valence-corrected chi connectivity index (χ2v) is 8.95. The zero-order valence-electron chi connectivity index (χ0n) is 16.4. The van der Waals surface area contributed by atoms with E-state index in [2.05, 4.69) is 24.5 Å². The summed E-state index contributed by atoms with van der Waals surface area (Å²) < 4.78 is 0. The van der Waals surface area contributed by atoms with Gasteiger partial charge in [0.25, 0.3) is 0 Å². The number of nitrogens with zero attached hydrogens (tertiary/aromatic N) is 1. The Morgan fingerprint density at radius 2 is 1.96 bits per heavy atom. The molecule has 28 heavy (non-hydrogen) atoms. The fraction of sp³-hybridized carbons (Fsp3) is 0.571. The Hall–Kier alpha value is -1.92. The van der Waals surface area contributed by atoms with Crippen LogP contribution in [0.15, 0.2) is 18.2 Å². The molecule has 7 heteroatoms. The largest absolute Gasteiger partial charge is 0.324 e. The van der Waals surface area contributed by atoms with E-state index in [9.17, 15) is 14.4 Å². The van der Waals surface area contributed by atoms with E-state index < -0.39 is 17.4 Å². The SMILES string of the molecule is CCCCN1C(=O)[C@@H]2[C@@H](C1=O)[C@@]1(N[C@@H]2CC(C)C)C(=O)Nc2ccc(Cl)cc21. The summed E-state index contributed by atoms with van der Waals surface area (Å²) in [5.41, 5.74) is 0.0842. The number of carbonyl (C=O) groups excluding carboxylic acids is 3. The van der Waals surface area contributed by atoms with Gasteiger partial charge in [-0.1, -0.05) is 38.8 Å². The predicted molar refractivity (Wildman–Crippen MR) is 107 cm³/mol. The maximum absolute atomic E-state index is 13.4. The lowest BCUT2D eigenvalue weighted by Crippen LogP contribution is -2.53. The molecule has 3 amide bonds. The molecule has 0 aliphatic carbocycles. The molecule has 0 radical (unpaired) electrons. The second-order valence-electron chi connectivity index (χ2n) is 8.52. The van der Waals surface area contributed by atoms with Crippen LogP contribution in [0.5, 0.6) is 0 Å². The third kappa shape index (κ3) is 2.61. The molecule has 0 unspecified atom stereocenters. The van der Waals surface area contributed by atoms with E-state index in [1.807, 2.05) is 6.92 Å². The van der Waals surface area contributed by atoms with Crippen LogP contribution in [0.25, 0.3) is 0 Å². The standard InChI is InChI=1S/C21H26ClN3O3/c1-4-5-8-25-18(26)16-15(9-11(2)3)24-21(17(16)19(25)27)13-10-12(22)6-7-14(13)23-20(21)28/h6-7,10-11,15-17,24H,4-5,8-9H2,1-3H3,(H,23,28)/t15-,16+,17+,21-/m1/s1. The highest BCUT2D eigenvalue weighted by atomic mass is 35.5. The zero-order valence-corrected chi connectivity index (χ0v) is 17.2. The van der Waals surface area contributed by atoms with Crippen molar-refractivity contribution in [3.05, 3.63) is 28.8 Å². The monoisotopic (exact) mass is 403 g/mol. The zero-order chi connectivity index (χ0) is 20.2. The van der Waals surface area contributed by atoms with Gasteiger partial charge in [-0.3, -0.25) is 24.6 Å². The van der Waals surface area contributed by atoms with Crippen LogP contribution in [0, 0.1) is 17.8 Å². The van der Waals surface area contributed by atoms with Crippen molar-refractivity contribution in [2.75, 3.05) is 11.9 Å². The van der Waals surface area contributed by atoms with Crippen molar-refractivity contribution in [3.8, 4) is 0 Å². The van der Waals surface area contributed by atoms with Gasteiger partial charge in [0, 0.05) is 28.9 Å². The molecule has 1 spiro atoms. The quantitative estimate of drug-likeness (QED) is 0.741. The molecule has 150 valence electrons. The van der Waals surface area contributed by atoms with Crippen LogP contribution in [0.2, 0.25) is 5.02 Å². The Morgan fingerprint density at radius 3 is 2.64 bits per heavy atom. The minimum atomic E-state index is -1.24. The number of carbonyl (C=O) groups is 3. The molecule has 3 heterocycles. The van der Waals surface area contributed by atoms with Crippen molar-refractivity contribution >= 4 is 35.0 Å². The van der Waals surface area contributed by atoms with Crippen LogP contribution in [-0.4, -0.2) is 35.2 Å². The minimum Gasteiger partial charge on any atom is -0.324 e. The maximum Gasteiger partial charge on any atom is 0.250 e. The molecule has 4 atom stereocenters. The third-order valence-corrected chi connectivity index (χ3v) is 6.46. The number of fused-ring (bicyclic) bond motifs is 4. The second kappa shape index (κ2) is 6.85. The van der Waals surface area contributed by atoms with Gasteiger partial charge in [-0.15, -0.1) is 0 Å². The smallest absolute Gasteiger partial charge is 0.250 e. The van der Waals surface area contributed by atoms with Crippen LogP contribution in [-0.2, 0) is 19.9 Å². The molecule has 1 aromatic rings. The van der Waals surface area contributed by atoms with Gasteiger partial charge in [0.2, 0.25) is 17.7 Å². The molecule has 0 bridgehead atoms. The van der Waals surface area contributed by atoms with E-state index in [1.54, 1.807) is 18.2 Å². The Bertz CT molecular complexity index is 855. The average molecular weight is 404 g/mol. The summed E-state index contributed by atoms with van der Waals surface area (Å²) in [4.78, 5) is 41.2. The van der Waals surface area contributed by atoms with Crippen molar-refractivity contribution < 1.29 is 14.4 Å². The summed E-state index contributed by atoms with van der Waals surface area (Å²) in [5.74, 6) is -1.61. The fourth-order valence-corrected chi connectivity index (χ4v) is 5.25. The van der Waals surface area contributed by atoms with Crippen LogP contribution in [0.1, 0.15) is 45.6 Å². The van der Waals surface area contributed by atoms with Crippen LogP contribution in [0.4, 0.5) is 5.69 Å². The first-order chi connectivity index (χ1) is 13.3. The lowest BCUT2D eigenvalue weighted by Gasteiger charge is -2.30. The molecule has 0 saturated carbocycles. The number of anilines is 1. The first-order valence-electron chi connectivity index (χ1n) is 10.1. The van der Waals surface area contributed by atoms with Gasteiger partial charge in [-0.2, -0.15) is 0 Å². The van der Waals surface area contributed by atoms with E-state index in [-0.39, 0.29) is 23.8 Å². The number of imide groups is 1. The maximum atomic E-state index is 13.4. The van der Waals surface area contributed by atoms with E-state index in [0.29, 0.717) is 35.2 Å². The molecule has 0 aromatic heterocycles. The van der Waals surface area contributed by atoms with Crippen molar-refractivity contribution in [3.63, 3.8) is 0 Å². The van der Waals surface area contributed by atoms with E-state index >= 15 is 0 Å². The molecule has 2 N–H and O–H groups in total. The lowest BCUT2D eigenvalue weighted by atomic mass is 9.76. The highest BCUT2D eigenvalue weighted by Gasteiger charge is 2.70. The Morgan fingerprint density at radius 1 is 1.21 bits per heavy atom.